The van der Waals surface area contributed by atoms with E-state index in [0.717, 1.165) is 38.0 Å². The van der Waals surface area contributed by atoms with Gasteiger partial charge in [0.15, 0.2) is 0 Å². The highest BCUT2D eigenvalue weighted by Crippen LogP contribution is 2.80. The summed E-state index contributed by atoms with van der Waals surface area (Å²) in [7, 11) is -5.14. The topological polar surface area (TPSA) is 86.2 Å². The molecule has 0 aliphatic heterocycles. The Hall–Kier alpha value is 0.380. The van der Waals surface area contributed by atoms with Crippen LogP contribution in [0.4, 0.5) is 0 Å². The van der Waals surface area contributed by atoms with Crippen LogP contribution in [0.3, 0.4) is 0 Å². The van der Waals surface area contributed by atoms with Gasteiger partial charge in [-0.3, -0.25) is 0 Å². The molecule has 0 bridgehead atoms. The van der Waals surface area contributed by atoms with E-state index in [2.05, 4.69) is 27.7 Å². The fourth-order valence-electron chi connectivity index (χ4n) is 5.17. The molecule has 2 unspecified atom stereocenters. The van der Waals surface area contributed by atoms with Crippen molar-refractivity contribution >= 4 is 14.3 Å². The van der Waals surface area contributed by atoms with Gasteiger partial charge in [0, 0.05) is 12.3 Å². The predicted molar refractivity (Wildman–Crippen MR) is 127 cm³/mol. The van der Waals surface area contributed by atoms with Crippen molar-refractivity contribution in [2.24, 2.45) is 11.5 Å². The summed E-state index contributed by atoms with van der Waals surface area (Å²) in [6, 6.07) is 0. The van der Waals surface area contributed by atoms with E-state index in [4.69, 9.17) is 11.5 Å². The average Bonchev–Trinajstić information content (AvgIpc) is 2.68. The van der Waals surface area contributed by atoms with Crippen LogP contribution in [0, 0.1) is 0 Å². The van der Waals surface area contributed by atoms with Crippen LogP contribution in [0.2, 0.25) is 0 Å². The van der Waals surface area contributed by atoms with Crippen LogP contribution < -0.4 is 11.5 Å². The first kappa shape index (κ1) is 26.4. The van der Waals surface area contributed by atoms with E-state index in [9.17, 15) is 9.13 Å². The van der Waals surface area contributed by atoms with E-state index in [1.807, 2.05) is 0 Å². The van der Waals surface area contributed by atoms with Gasteiger partial charge in [-0.05, 0) is 50.8 Å². The second-order valence-electron chi connectivity index (χ2n) is 9.20. The van der Waals surface area contributed by atoms with Crippen molar-refractivity contribution in [2.75, 3.05) is 24.6 Å². The van der Waals surface area contributed by atoms with Crippen LogP contribution in [0.15, 0.2) is 0 Å². The SMILES string of the molecule is CCCCCCP(=O)(CC)C1(P(=O)(CC)CCCCCC)CCC(N)(N)CC1. The summed E-state index contributed by atoms with van der Waals surface area (Å²) >= 11 is 0. The molecule has 1 rings (SSSR count). The highest BCUT2D eigenvalue weighted by atomic mass is 31.2. The summed E-state index contributed by atoms with van der Waals surface area (Å²) < 4.78 is 28.9. The van der Waals surface area contributed by atoms with Gasteiger partial charge in [0.25, 0.3) is 0 Å². The monoisotopic (exact) mass is 434 g/mol. The van der Waals surface area contributed by atoms with Gasteiger partial charge in [0.1, 0.15) is 14.3 Å². The van der Waals surface area contributed by atoms with E-state index in [1.54, 1.807) is 0 Å². The Morgan fingerprint density at radius 1 is 0.643 bits per heavy atom. The maximum atomic E-state index is 14.5. The molecular weight excluding hydrogens is 386 g/mol. The molecule has 0 radical (unpaired) electrons. The Labute approximate surface area is 175 Å². The van der Waals surface area contributed by atoms with E-state index in [1.165, 1.54) is 25.7 Å². The van der Waals surface area contributed by atoms with E-state index >= 15 is 0 Å². The fraction of sp³-hybridized carbons (Fsp3) is 1.00. The lowest BCUT2D eigenvalue weighted by Gasteiger charge is -2.51. The van der Waals surface area contributed by atoms with Gasteiger partial charge in [-0.25, -0.2) is 0 Å². The van der Waals surface area contributed by atoms with Gasteiger partial charge >= 0.3 is 0 Å². The number of nitrogens with two attached hydrogens (primary N) is 2. The fourth-order valence-corrected chi connectivity index (χ4v) is 15.5. The Balaban J connectivity index is 3.19. The van der Waals surface area contributed by atoms with Crippen molar-refractivity contribution in [3.63, 3.8) is 0 Å². The lowest BCUT2D eigenvalue weighted by molar-refractivity contribution is 0.286. The minimum atomic E-state index is -2.57. The molecule has 1 aliphatic rings. The summed E-state index contributed by atoms with van der Waals surface area (Å²) in [5.41, 5.74) is 11.8. The number of hydrogen-bond donors (Lipinski definition) is 2. The number of hydrogen-bond acceptors (Lipinski definition) is 4. The molecule has 168 valence electrons. The molecule has 4 nitrogen and oxygen atoms in total. The predicted octanol–water partition coefficient (Wildman–Crippen LogP) is 6.80. The quantitative estimate of drug-likeness (QED) is 0.179. The van der Waals surface area contributed by atoms with E-state index in [-0.39, 0.29) is 0 Å². The van der Waals surface area contributed by atoms with Gasteiger partial charge in [0.05, 0.1) is 10.6 Å². The lowest BCUT2D eigenvalue weighted by atomic mass is 9.90. The molecule has 0 heterocycles. The number of unbranched alkanes of at least 4 members (excludes halogenated alkanes) is 6. The molecule has 0 aromatic heterocycles. The third-order valence-electron chi connectivity index (χ3n) is 7.27. The Kier molecular flexibility index (Phi) is 11.0. The summed E-state index contributed by atoms with van der Waals surface area (Å²) in [4.78, 5) is -0.510. The molecule has 1 saturated carbocycles. The summed E-state index contributed by atoms with van der Waals surface area (Å²) in [6.45, 7) is 8.52. The van der Waals surface area contributed by atoms with Crippen molar-refractivity contribution in [1.29, 1.82) is 0 Å². The molecule has 0 amide bonds. The normalized spacial score (nSPS) is 23.1. The van der Waals surface area contributed by atoms with Crippen LogP contribution in [0.5, 0.6) is 0 Å². The number of rotatable bonds is 14. The van der Waals surface area contributed by atoms with Crippen molar-refractivity contribution in [3.05, 3.63) is 0 Å². The van der Waals surface area contributed by atoms with Crippen LogP contribution in [0.1, 0.15) is 105 Å². The minimum Gasteiger partial charge on any atom is -0.323 e. The molecule has 2 atom stereocenters. The lowest BCUT2D eigenvalue weighted by Crippen LogP contribution is -2.55. The molecule has 1 aliphatic carbocycles. The molecule has 0 spiro atoms. The zero-order valence-electron chi connectivity index (χ0n) is 19.2. The first-order chi connectivity index (χ1) is 13.2. The van der Waals surface area contributed by atoms with Crippen LogP contribution in [-0.2, 0) is 9.13 Å². The second-order valence-corrected chi connectivity index (χ2v) is 17.0. The highest BCUT2D eigenvalue weighted by molar-refractivity contribution is 7.83. The molecule has 0 aromatic rings. The van der Waals surface area contributed by atoms with Gasteiger partial charge in [-0.2, -0.15) is 0 Å². The second kappa shape index (κ2) is 11.7. The van der Waals surface area contributed by atoms with Crippen LogP contribution >= 0.6 is 14.3 Å². The minimum absolute atomic E-state index is 0.510. The largest absolute Gasteiger partial charge is 0.323 e. The third-order valence-corrected chi connectivity index (χ3v) is 17.5. The molecule has 0 aromatic carbocycles. The first-order valence-electron chi connectivity index (χ1n) is 11.9. The van der Waals surface area contributed by atoms with E-state index in [0.29, 0.717) is 38.0 Å². The zero-order valence-corrected chi connectivity index (χ0v) is 21.0. The van der Waals surface area contributed by atoms with Crippen LogP contribution in [-0.4, -0.2) is 35.2 Å². The summed E-state index contributed by atoms with van der Waals surface area (Å²) in [5.74, 6) is 0. The third kappa shape index (κ3) is 6.19. The first-order valence-corrected chi connectivity index (χ1v) is 16.1. The van der Waals surface area contributed by atoms with Crippen molar-refractivity contribution in [2.45, 2.75) is 115 Å². The molecule has 1 fully saturated rings. The van der Waals surface area contributed by atoms with E-state index < -0.39 is 24.8 Å². The molecule has 6 heteroatoms. The van der Waals surface area contributed by atoms with Gasteiger partial charge in [-0.15, -0.1) is 0 Å². The van der Waals surface area contributed by atoms with Gasteiger partial charge < -0.3 is 20.6 Å². The highest BCUT2D eigenvalue weighted by Gasteiger charge is 2.58. The molecule has 0 saturated heterocycles. The summed E-state index contributed by atoms with van der Waals surface area (Å²) in [5, 5.41) is 0. The van der Waals surface area contributed by atoms with Crippen LogP contribution in [0.25, 0.3) is 0 Å². The summed E-state index contributed by atoms with van der Waals surface area (Å²) in [6.07, 6.45) is 14.5. The van der Waals surface area contributed by atoms with Crippen molar-refractivity contribution in [1.82, 2.24) is 0 Å². The van der Waals surface area contributed by atoms with Crippen molar-refractivity contribution < 1.29 is 9.13 Å². The van der Waals surface area contributed by atoms with Crippen molar-refractivity contribution in [3.8, 4) is 0 Å². The Morgan fingerprint density at radius 2 is 1.04 bits per heavy atom. The maximum absolute atomic E-state index is 14.5. The maximum Gasteiger partial charge on any atom is 0.100 e. The van der Waals surface area contributed by atoms with Gasteiger partial charge in [-0.1, -0.05) is 66.2 Å². The molecule has 28 heavy (non-hydrogen) atoms. The smallest absolute Gasteiger partial charge is 0.100 e. The van der Waals surface area contributed by atoms with Gasteiger partial charge in [0.2, 0.25) is 0 Å². The average molecular weight is 435 g/mol. The molecule has 4 N–H and O–H groups in total. The Bertz CT molecular complexity index is 503. The zero-order chi connectivity index (χ0) is 21.3. The molecular formula is C22H48N2O2P2. The standard InChI is InChI=1S/C22H48N2O2P2/c1-5-9-11-13-19-27(25,7-3)22(17-15-21(23,24)16-18-22)28(26,8-4)20-14-12-10-6-2/h5-20,23-24H2,1-4H3. The Morgan fingerprint density at radius 3 is 1.36 bits per heavy atom.